The molecule has 7 heteroatoms. The predicted molar refractivity (Wildman–Crippen MR) is 112 cm³/mol. The summed E-state index contributed by atoms with van der Waals surface area (Å²) in [6, 6.07) is 10.4. The van der Waals surface area contributed by atoms with E-state index < -0.39 is 21.7 Å². The number of benzene rings is 2. The van der Waals surface area contributed by atoms with Crippen molar-refractivity contribution in [2.45, 2.75) is 56.9 Å². The van der Waals surface area contributed by atoms with Crippen LogP contribution in [-0.2, 0) is 16.4 Å². The molecule has 2 aromatic carbocycles. The van der Waals surface area contributed by atoms with Crippen molar-refractivity contribution in [2.75, 3.05) is 5.32 Å². The lowest BCUT2D eigenvalue weighted by molar-refractivity contribution is 0.102. The zero-order valence-electron chi connectivity index (χ0n) is 16.7. The van der Waals surface area contributed by atoms with Crippen LogP contribution in [0.2, 0.25) is 0 Å². The van der Waals surface area contributed by atoms with Crippen LogP contribution in [0.3, 0.4) is 0 Å². The third-order valence-electron chi connectivity index (χ3n) is 5.56. The van der Waals surface area contributed by atoms with E-state index in [-0.39, 0.29) is 22.4 Å². The number of anilines is 1. The predicted octanol–water partition coefficient (Wildman–Crippen LogP) is 4.50. The van der Waals surface area contributed by atoms with Crippen LogP contribution in [0.25, 0.3) is 0 Å². The Kier molecular flexibility index (Phi) is 6.70. The molecule has 0 aliphatic heterocycles. The van der Waals surface area contributed by atoms with Crippen LogP contribution in [0.4, 0.5) is 10.1 Å². The van der Waals surface area contributed by atoms with Crippen molar-refractivity contribution in [1.29, 1.82) is 0 Å². The van der Waals surface area contributed by atoms with Gasteiger partial charge in [0, 0.05) is 11.7 Å². The maximum Gasteiger partial charge on any atom is 0.258 e. The summed E-state index contributed by atoms with van der Waals surface area (Å²) < 4.78 is 42.7. The summed E-state index contributed by atoms with van der Waals surface area (Å²) in [5.74, 6) is -1.19. The summed E-state index contributed by atoms with van der Waals surface area (Å²) in [5, 5.41) is 2.69. The number of hydrogen-bond donors (Lipinski definition) is 2. The first-order chi connectivity index (χ1) is 13.8. The lowest BCUT2D eigenvalue weighted by Crippen LogP contribution is -2.41. The van der Waals surface area contributed by atoms with Gasteiger partial charge in [-0.25, -0.2) is 17.5 Å². The molecule has 2 atom stereocenters. The normalized spacial score (nSPS) is 19.7. The topological polar surface area (TPSA) is 75.3 Å². The molecule has 3 rings (SSSR count). The molecule has 1 saturated carbocycles. The van der Waals surface area contributed by atoms with Crippen molar-refractivity contribution in [3.05, 3.63) is 59.4 Å². The van der Waals surface area contributed by atoms with Crippen LogP contribution in [0, 0.1) is 11.7 Å². The lowest BCUT2D eigenvalue weighted by atomic mass is 9.87. The number of aryl methyl sites for hydroxylation is 1. The summed E-state index contributed by atoms with van der Waals surface area (Å²) in [6.07, 6.45) is 4.53. The molecule has 156 valence electrons. The Morgan fingerprint density at radius 3 is 2.59 bits per heavy atom. The van der Waals surface area contributed by atoms with Gasteiger partial charge in [-0.3, -0.25) is 4.79 Å². The molecule has 0 saturated heterocycles. The van der Waals surface area contributed by atoms with Crippen LogP contribution in [0.15, 0.2) is 47.4 Å². The summed E-state index contributed by atoms with van der Waals surface area (Å²) in [6.45, 7) is 3.98. The number of para-hydroxylation sites is 1. The second-order valence-corrected chi connectivity index (χ2v) is 9.31. The zero-order chi connectivity index (χ0) is 21.0. The Morgan fingerprint density at radius 2 is 1.86 bits per heavy atom. The molecule has 0 heterocycles. The first-order valence-electron chi connectivity index (χ1n) is 10.0. The number of halogens is 1. The molecule has 0 bridgehead atoms. The van der Waals surface area contributed by atoms with Crippen molar-refractivity contribution in [3.8, 4) is 0 Å². The minimum Gasteiger partial charge on any atom is -0.322 e. The second-order valence-electron chi connectivity index (χ2n) is 7.60. The monoisotopic (exact) mass is 418 g/mol. The largest absolute Gasteiger partial charge is 0.322 e. The molecule has 0 spiro atoms. The molecule has 1 fully saturated rings. The molecule has 0 aromatic heterocycles. The Bertz CT molecular complexity index is 991. The fraction of sp³-hybridized carbons (Fsp3) is 0.409. The van der Waals surface area contributed by atoms with Gasteiger partial charge in [-0.15, -0.1) is 0 Å². The second kappa shape index (κ2) is 9.05. The molecule has 0 radical (unpaired) electrons. The maximum absolute atomic E-state index is 14.3. The van der Waals surface area contributed by atoms with E-state index in [2.05, 4.69) is 10.0 Å². The van der Waals surface area contributed by atoms with E-state index in [1.807, 2.05) is 26.0 Å². The molecular weight excluding hydrogens is 391 g/mol. The standard InChI is InChI=1S/C22H27FN2O3S/c1-3-16-9-5-7-11-21(16)24-22(26)18-14-17(12-13-19(18)23)29(27,28)25-20-10-6-4-8-15(20)2/h5,7,9,11-15,20,25H,3-4,6,8,10H2,1-2H3,(H,24,26)/t15-,20-/m0/s1. The molecule has 29 heavy (non-hydrogen) atoms. The Morgan fingerprint density at radius 1 is 1.14 bits per heavy atom. The van der Waals surface area contributed by atoms with Gasteiger partial charge < -0.3 is 5.32 Å². The number of hydrogen-bond acceptors (Lipinski definition) is 3. The van der Waals surface area contributed by atoms with E-state index in [4.69, 9.17) is 0 Å². The molecule has 5 nitrogen and oxygen atoms in total. The van der Waals surface area contributed by atoms with Crippen molar-refractivity contribution in [1.82, 2.24) is 4.72 Å². The van der Waals surface area contributed by atoms with Crippen LogP contribution in [0.1, 0.15) is 55.5 Å². The molecule has 0 unspecified atom stereocenters. The number of carbonyl (C=O) groups is 1. The Hall–Kier alpha value is -2.25. The van der Waals surface area contributed by atoms with Crippen molar-refractivity contribution in [3.63, 3.8) is 0 Å². The van der Waals surface area contributed by atoms with Gasteiger partial charge in [0.15, 0.2) is 0 Å². The zero-order valence-corrected chi connectivity index (χ0v) is 17.6. The summed E-state index contributed by atoms with van der Waals surface area (Å²) >= 11 is 0. The molecule has 1 amide bonds. The summed E-state index contributed by atoms with van der Waals surface area (Å²) in [7, 11) is -3.85. The third-order valence-corrected chi connectivity index (χ3v) is 7.04. The minimum atomic E-state index is -3.85. The Balaban J connectivity index is 1.84. The van der Waals surface area contributed by atoms with Gasteiger partial charge in [0.1, 0.15) is 5.82 Å². The average molecular weight is 419 g/mol. The van der Waals surface area contributed by atoms with E-state index in [0.29, 0.717) is 12.1 Å². The van der Waals surface area contributed by atoms with Gasteiger partial charge in [-0.1, -0.05) is 44.9 Å². The number of nitrogens with one attached hydrogen (secondary N) is 2. The van der Waals surface area contributed by atoms with Crippen LogP contribution >= 0.6 is 0 Å². The van der Waals surface area contributed by atoms with Crippen LogP contribution in [0.5, 0.6) is 0 Å². The number of sulfonamides is 1. The van der Waals surface area contributed by atoms with E-state index >= 15 is 0 Å². The van der Waals surface area contributed by atoms with Gasteiger partial charge in [0.05, 0.1) is 10.5 Å². The number of amides is 1. The molecule has 2 N–H and O–H groups in total. The van der Waals surface area contributed by atoms with Gasteiger partial charge in [-0.05, 0) is 55.0 Å². The Labute approximate surface area is 171 Å². The summed E-state index contributed by atoms with van der Waals surface area (Å²) in [4.78, 5) is 12.6. The fourth-order valence-corrected chi connectivity index (χ4v) is 5.15. The smallest absolute Gasteiger partial charge is 0.258 e. The first kappa shape index (κ1) is 21.5. The van der Waals surface area contributed by atoms with E-state index in [1.54, 1.807) is 12.1 Å². The van der Waals surface area contributed by atoms with E-state index in [1.165, 1.54) is 6.07 Å². The quantitative estimate of drug-likeness (QED) is 0.725. The number of carbonyl (C=O) groups excluding carboxylic acids is 1. The SMILES string of the molecule is CCc1ccccc1NC(=O)c1cc(S(=O)(=O)N[C@H]2CCCC[C@@H]2C)ccc1F. The lowest BCUT2D eigenvalue weighted by Gasteiger charge is -2.29. The highest BCUT2D eigenvalue weighted by atomic mass is 32.2. The molecule has 1 aliphatic rings. The fourth-order valence-electron chi connectivity index (χ4n) is 3.74. The highest BCUT2D eigenvalue weighted by Crippen LogP contribution is 2.26. The van der Waals surface area contributed by atoms with E-state index in [0.717, 1.165) is 43.4 Å². The van der Waals surface area contributed by atoms with Crippen LogP contribution in [-0.4, -0.2) is 20.4 Å². The molecular formula is C22H27FN2O3S. The summed E-state index contributed by atoms with van der Waals surface area (Å²) in [5.41, 5.74) is 1.20. The highest BCUT2D eigenvalue weighted by Gasteiger charge is 2.27. The van der Waals surface area contributed by atoms with E-state index in [9.17, 15) is 17.6 Å². The first-order valence-corrected chi connectivity index (χ1v) is 11.5. The minimum absolute atomic E-state index is 0.106. The van der Waals surface area contributed by atoms with Crippen LogP contribution < -0.4 is 10.0 Å². The maximum atomic E-state index is 14.3. The molecule has 1 aliphatic carbocycles. The van der Waals surface area contributed by atoms with Gasteiger partial charge in [-0.2, -0.15) is 0 Å². The van der Waals surface area contributed by atoms with Crippen molar-refractivity contribution < 1.29 is 17.6 Å². The highest BCUT2D eigenvalue weighted by molar-refractivity contribution is 7.89. The average Bonchev–Trinajstić information content (AvgIpc) is 2.70. The van der Waals surface area contributed by atoms with Crippen molar-refractivity contribution in [2.24, 2.45) is 5.92 Å². The van der Waals surface area contributed by atoms with Crippen molar-refractivity contribution >= 4 is 21.6 Å². The van der Waals surface area contributed by atoms with Gasteiger partial charge in [0.25, 0.3) is 5.91 Å². The number of rotatable bonds is 6. The third kappa shape index (κ3) is 5.03. The van der Waals surface area contributed by atoms with Gasteiger partial charge >= 0.3 is 0 Å². The molecule has 2 aromatic rings. The van der Waals surface area contributed by atoms with Gasteiger partial charge in [0.2, 0.25) is 10.0 Å².